The van der Waals surface area contributed by atoms with Gasteiger partial charge in [-0.2, -0.15) is 13.2 Å². The van der Waals surface area contributed by atoms with E-state index in [1.54, 1.807) is 6.92 Å². The SMILES string of the molecule is COC(=O)C1=C(C)N(CC2CC2)C(=O)NC1c1ccccc1C(F)(F)F. The van der Waals surface area contributed by atoms with Gasteiger partial charge in [0.25, 0.3) is 0 Å². The zero-order valence-electron chi connectivity index (χ0n) is 14.4. The molecule has 26 heavy (non-hydrogen) atoms. The zero-order chi connectivity index (χ0) is 19.1. The van der Waals surface area contributed by atoms with Crippen molar-refractivity contribution in [2.45, 2.75) is 32.0 Å². The molecule has 0 spiro atoms. The third kappa shape index (κ3) is 3.40. The summed E-state index contributed by atoms with van der Waals surface area (Å²) in [6.07, 6.45) is -2.63. The molecule has 1 saturated carbocycles. The lowest BCUT2D eigenvalue weighted by molar-refractivity contribution is -0.140. The normalized spacial score (nSPS) is 20.9. The number of hydrogen-bond donors (Lipinski definition) is 1. The number of methoxy groups -OCH3 is 1. The van der Waals surface area contributed by atoms with Crippen molar-refractivity contribution in [1.29, 1.82) is 0 Å². The first kappa shape index (κ1) is 18.3. The molecule has 1 aliphatic heterocycles. The van der Waals surface area contributed by atoms with Gasteiger partial charge in [-0.05, 0) is 37.3 Å². The number of halogens is 3. The van der Waals surface area contributed by atoms with Crippen LogP contribution in [0.4, 0.5) is 18.0 Å². The fourth-order valence-electron chi connectivity index (χ4n) is 3.17. The van der Waals surface area contributed by atoms with E-state index in [-0.39, 0.29) is 11.1 Å². The highest BCUT2D eigenvalue weighted by Crippen LogP contribution is 2.40. The number of benzene rings is 1. The Morgan fingerprint density at radius 2 is 1.96 bits per heavy atom. The first-order chi connectivity index (χ1) is 12.2. The predicted molar refractivity (Wildman–Crippen MR) is 86.9 cm³/mol. The highest BCUT2D eigenvalue weighted by molar-refractivity contribution is 5.95. The van der Waals surface area contributed by atoms with Crippen LogP contribution in [0, 0.1) is 5.92 Å². The fourth-order valence-corrected chi connectivity index (χ4v) is 3.17. The van der Waals surface area contributed by atoms with Gasteiger partial charge in [-0.25, -0.2) is 9.59 Å². The largest absolute Gasteiger partial charge is 0.466 e. The minimum atomic E-state index is -4.61. The number of ether oxygens (including phenoxy) is 1. The van der Waals surface area contributed by atoms with Crippen LogP contribution in [0.5, 0.6) is 0 Å². The molecule has 1 N–H and O–H groups in total. The first-order valence-electron chi connectivity index (χ1n) is 8.27. The fraction of sp³-hybridized carbons (Fsp3) is 0.444. The Labute approximate surface area is 148 Å². The quantitative estimate of drug-likeness (QED) is 0.826. The maximum absolute atomic E-state index is 13.4. The van der Waals surface area contributed by atoms with E-state index in [0.717, 1.165) is 26.0 Å². The van der Waals surface area contributed by atoms with Gasteiger partial charge in [0, 0.05) is 12.2 Å². The van der Waals surface area contributed by atoms with Gasteiger partial charge >= 0.3 is 18.2 Å². The van der Waals surface area contributed by atoms with Crippen molar-refractivity contribution in [3.8, 4) is 0 Å². The van der Waals surface area contributed by atoms with Gasteiger partial charge in [0.05, 0.1) is 24.3 Å². The number of carbonyl (C=O) groups is 2. The maximum Gasteiger partial charge on any atom is 0.416 e. The second kappa shape index (κ2) is 6.66. The molecule has 1 aromatic rings. The molecule has 140 valence electrons. The Hall–Kier alpha value is -2.51. The van der Waals surface area contributed by atoms with Crippen molar-refractivity contribution >= 4 is 12.0 Å². The third-order valence-electron chi connectivity index (χ3n) is 4.72. The van der Waals surface area contributed by atoms with Gasteiger partial charge in [-0.3, -0.25) is 4.90 Å². The smallest absolute Gasteiger partial charge is 0.416 e. The van der Waals surface area contributed by atoms with Crippen molar-refractivity contribution in [2.75, 3.05) is 13.7 Å². The van der Waals surface area contributed by atoms with Crippen LogP contribution in [-0.2, 0) is 15.7 Å². The topological polar surface area (TPSA) is 58.6 Å². The summed E-state index contributed by atoms with van der Waals surface area (Å²) in [5, 5.41) is 2.55. The molecule has 1 aliphatic carbocycles. The number of nitrogens with zero attached hydrogens (tertiary/aromatic N) is 1. The van der Waals surface area contributed by atoms with Crippen molar-refractivity contribution in [1.82, 2.24) is 10.2 Å². The average molecular weight is 368 g/mol. The van der Waals surface area contributed by atoms with E-state index in [1.807, 2.05) is 0 Å². The van der Waals surface area contributed by atoms with Gasteiger partial charge in [-0.1, -0.05) is 18.2 Å². The van der Waals surface area contributed by atoms with Crippen molar-refractivity contribution < 1.29 is 27.5 Å². The molecule has 0 aromatic heterocycles. The van der Waals surface area contributed by atoms with Crippen molar-refractivity contribution in [2.24, 2.45) is 5.92 Å². The molecule has 1 unspecified atom stereocenters. The minimum Gasteiger partial charge on any atom is -0.466 e. The second-order valence-corrected chi connectivity index (χ2v) is 6.51. The Kier molecular flexibility index (Phi) is 4.68. The summed E-state index contributed by atoms with van der Waals surface area (Å²) >= 11 is 0. The predicted octanol–water partition coefficient (Wildman–Crippen LogP) is 3.63. The van der Waals surface area contributed by atoms with Gasteiger partial charge in [-0.15, -0.1) is 0 Å². The lowest BCUT2D eigenvalue weighted by Gasteiger charge is -2.36. The molecule has 3 rings (SSSR count). The molecule has 2 amide bonds. The highest BCUT2D eigenvalue weighted by Gasteiger charge is 2.42. The zero-order valence-corrected chi connectivity index (χ0v) is 14.4. The van der Waals surface area contributed by atoms with Crippen molar-refractivity contribution in [3.05, 3.63) is 46.7 Å². The number of esters is 1. The summed E-state index contributed by atoms with van der Waals surface area (Å²) in [5.41, 5.74) is -0.728. The van der Waals surface area contributed by atoms with Gasteiger partial charge in [0.15, 0.2) is 0 Å². The molecule has 2 aliphatic rings. The highest BCUT2D eigenvalue weighted by atomic mass is 19.4. The molecular formula is C18H19F3N2O3. The lowest BCUT2D eigenvalue weighted by atomic mass is 9.91. The molecular weight excluding hydrogens is 349 g/mol. The monoisotopic (exact) mass is 368 g/mol. The van der Waals surface area contributed by atoms with Crippen LogP contribution < -0.4 is 5.32 Å². The van der Waals surface area contributed by atoms with Crippen LogP contribution in [0.1, 0.15) is 36.9 Å². The Balaban J connectivity index is 2.10. The van der Waals surface area contributed by atoms with Gasteiger partial charge < -0.3 is 10.1 Å². The molecule has 0 saturated heterocycles. The van der Waals surface area contributed by atoms with E-state index in [1.165, 1.54) is 23.1 Å². The number of amides is 2. The summed E-state index contributed by atoms with van der Waals surface area (Å²) < 4.78 is 45.0. The number of alkyl halides is 3. The summed E-state index contributed by atoms with van der Waals surface area (Å²) in [6.45, 7) is 2.00. The van der Waals surface area contributed by atoms with Gasteiger partial charge in [0.2, 0.25) is 0 Å². The number of hydrogen-bond acceptors (Lipinski definition) is 3. The van der Waals surface area contributed by atoms with E-state index in [9.17, 15) is 22.8 Å². The van der Waals surface area contributed by atoms with E-state index >= 15 is 0 Å². The number of allylic oxidation sites excluding steroid dienone is 1. The summed E-state index contributed by atoms with van der Waals surface area (Å²) in [4.78, 5) is 26.3. The Bertz CT molecular complexity index is 769. The Morgan fingerprint density at radius 1 is 1.31 bits per heavy atom. The molecule has 1 heterocycles. The molecule has 1 atom stereocenters. The van der Waals surface area contributed by atoms with Crippen LogP contribution in [-0.4, -0.2) is 30.6 Å². The molecule has 0 radical (unpaired) electrons. The van der Waals surface area contributed by atoms with Crippen LogP contribution in [0.2, 0.25) is 0 Å². The summed E-state index contributed by atoms with van der Waals surface area (Å²) in [7, 11) is 1.16. The van der Waals surface area contributed by atoms with Crippen LogP contribution in [0.15, 0.2) is 35.5 Å². The van der Waals surface area contributed by atoms with E-state index in [0.29, 0.717) is 18.2 Å². The molecule has 1 fully saturated rings. The van der Waals surface area contributed by atoms with E-state index < -0.39 is 29.8 Å². The summed E-state index contributed by atoms with van der Waals surface area (Å²) in [5.74, 6) is -0.404. The van der Waals surface area contributed by atoms with Crippen LogP contribution >= 0.6 is 0 Å². The lowest BCUT2D eigenvalue weighted by Crippen LogP contribution is -2.49. The number of nitrogens with one attached hydrogen (secondary N) is 1. The first-order valence-corrected chi connectivity index (χ1v) is 8.27. The Morgan fingerprint density at radius 3 is 2.54 bits per heavy atom. The standard InChI is InChI=1S/C18H19F3N2O3/c1-10-14(16(24)26-2)15(22-17(25)23(10)9-11-7-8-11)12-5-3-4-6-13(12)18(19,20)21/h3-6,11,15H,7-9H2,1-2H3,(H,22,25). The minimum absolute atomic E-state index is 0.0180. The third-order valence-corrected chi connectivity index (χ3v) is 4.72. The summed E-state index contributed by atoms with van der Waals surface area (Å²) in [6, 6.07) is 3.18. The van der Waals surface area contributed by atoms with E-state index in [4.69, 9.17) is 4.74 Å². The van der Waals surface area contributed by atoms with Crippen molar-refractivity contribution in [3.63, 3.8) is 0 Å². The van der Waals surface area contributed by atoms with E-state index in [2.05, 4.69) is 5.32 Å². The second-order valence-electron chi connectivity index (χ2n) is 6.51. The van der Waals surface area contributed by atoms with Crippen LogP contribution in [0.3, 0.4) is 0 Å². The van der Waals surface area contributed by atoms with Gasteiger partial charge in [0.1, 0.15) is 0 Å². The van der Waals surface area contributed by atoms with Crippen LogP contribution in [0.25, 0.3) is 0 Å². The molecule has 8 heteroatoms. The number of carbonyl (C=O) groups excluding carboxylic acids is 2. The maximum atomic E-state index is 13.4. The molecule has 5 nitrogen and oxygen atoms in total. The molecule has 1 aromatic carbocycles. The molecule has 0 bridgehead atoms. The average Bonchev–Trinajstić information content (AvgIpc) is 3.41. The number of rotatable bonds is 4. The number of urea groups is 1.